The number of benzene rings is 1. The van der Waals surface area contributed by atoms with Gasteiger partial charge in [0.2, 0.25) is 5.91 Å². The molecule has 4 heterocycles. The molecule has 3 saturated heterocycles. The number of aromatic hydroxyl groups is 1. The normalized spacial score (nSPS) is 38.3. The second-order valence-electron chi connectivity index (χ2n) is 9.05. The van der Waals surface area contributed by atoms with Crippen LogP contribution in [0.2, 0.25) is 0 Å². The Kier molecular flexibility index (Phi) is 3.87. The summed E-state index contributed by atoms with van der Waals surface area (Å²) in [6.07, 6.45) is 2.04. The van der Waals surface area contributed by atoms with Crippen LogP contribution in [0.4, 0.5) is 5.69 Å². The number of Topliss-reactive ketones (excluding diaryl/α,β-unsaturated/α-hetero) is 1. The molecule has 1 aromatic carbocycles. The van der Waals surface area contributed by atoms with Crippen molar-refractivity contribution < 1.29 is 24.2 Å². The number of methoxy groups -OCH3 is 1. The molecule has 156 valence electrons. The lowest BCUT2D eigenvalue weighted by Crippen LogP contribution is -2.62. The number of hydrogen-bond donors (Lipinski definition) is 1. The molecule has 1 aliphatic carbocycles. The number of fused-ring (bicyclic) bond motifs is 5. The Balaban J connectivity index is 1.79. The molecule has 1 amide bonds. The Morgan fingerprint density at radius 1 is 1.34 bits per heavy atom. The predicted molar refractivity (Wildman–Crippen MR) is 106 cm³/mol. The van der Waals surface area contributed by atoms with E-state index in [1.165, 1.54) is 14.0 Å². The summed E-state index contributed by atoms with van der Waals surface area (Å²) in [4.78, 5) is 30.9. The first-order valence-corrected chi connectivity index (χ1v) is 10.4. The van der Waals surface area contributed by atoms with Crippen LogP contribution in [-0.4, -0.2) is 66.7 Å². The average molecular weight is 400 g/mol. The molecule has 2 spiro atoms. The molecule has 4 fully saturated rings. The van der Waals surface area contributed by atoms with Gasteiger partial charge in [0, 0.05) is 12.8 Å². The van der Waals surface area contributed by atoms with E-state index in [1.807, 2.05) is 13.0 Å². The highest BCUT2D eigenvalue weighted by Gasteiger charge is 2.75. The van der Waals surface area contributed by atoms with Gasteiger partial charge >= 0.3 is 0 Å². The van der Waals surface area contributed by atoms with E-state index in [2.05, 4.69) is 11.9 Å². The number of nitrogens with zero attached hydrogens (tertiary/aromatic N) is 2. The van der Waals surface area contributed by atoms with Crippen molar-refractivity contribution in [3.05, 3.63) is 17.7 Å². The van der Waals surface area contributed by atoms with E-state index >= 15 is 0 Å². The van der Waals surface area contributed by atoms with Gasteiger partial charge < -0.3 is 24.4 Å². The number of anilines is 1. The van der Waals surface area contributed by atoms with Crippen LogP contribution in [0.3, 0.4) is 0 Å². The SMILES string of the molecule is COc1ccc2c(c1O)N(C(C)=O)C1C[C@H]3CCN(C)CC[C@@]21C(=O)[C@]31O[C@H]1C. The molecule has 7 heteroatoms. The van der Waals surface area contributed by atoms with Crippen LogP contribution in [-0.2, 0) is 19.7 Å². The highest BCUT2D eigenvalue weighted by atomic mass is 16.6. The molecule has 0 radical (unpaired) electrons. The molecule has 7 nitrogen and oxygen atoms in total. The molecule has 1 aromatic rings. The van der Waals surface area contributed by atoms with E-state index in [0.717, 1.165) is 25.1 Å². The molecule has 5 atom stereocenters. The van der Waals surface area contributed by atoms with Gasteiger partial charge in [-0.25, -0.2) is 0 Å². The Bertz CT molecular complexity index is 917. The number of carbonyl (C=O) groups excluding carboxylic acids is 2. The molecular formula is C22H28N2O5. The van der Waals surface area contributed by atoms with Crippen molar-refractivity contribution in [3.8, 4) is 11.5 Å². The number of phenols is 1. The van der Waals surface area contributed by atoms with E-state index in [1.54, 1.807) is 11.0 Å². The molecule has 1 N–H and O–H groups in total. The number of hydrogen-bond acceptors (Lipinski definition) is 6. The van der Waals surface area contributed by atoms with Crippen LogP contribution in [0.15, 0.2) is 12.1 Å². The van der Waals surface area contributed by atoms with Crippen LogP contribution in [0.5, 0.6) is 11.5 Å². The zero-order valence-corrected chi connectivity index (χ0v) is 17.4. The zero-order valence-electron chi connectivity index (χ0n) is 17.4. The van der Waals surface area contributed by atoms with Gasteiger partial charge in [-0.3, -0.25) is 9.59 Å². The van der Waals surface area contributed by atoms with Crippen LogP contribution in [0.1, 0.15) is 38.7 Å². The fourth-order valence-corrected chi connectivity index (χ4v) is 6.35. The Morgan fingerprint density at radius 2 is 2.07 bits per heavy atom. The third-order valence-electron chi connectivity index (χ3n) is 7.82. The number of amides is 1. The number of phenolic OH excluding ortho intramolecular Hbond substituents is 1. The van der Waals surface area contributed by atoms with Crippen molar-refractivity contribution in [3.63, 3.8) is 0 Å². The van der Waals surface area contributed by atoms with Crippen LogP contribution < -0.4 is 9.64 Å². The molecule has 29 heavy (non-hydrogen) atoms. The molecule has 2 bridgehead atoms. The summed E-state index contributed by atoms with van der Waals surface area (Å²) in [5.74, 6) is 0.222. The monoisotopic (exact) mass is 400 g/mol. The molecule has 1 saturated carbocycles. The Morgan fingerprint density at radius 3 is 2.69 bits per heavy atom. The predicted octanol–water partition coefficient (Wildman–Crippen LogP) is 1.85. The van der Waals surface area contributed by atoms with E-state index in [4.69, 9.17) is 9.47 Å². The van der Waals surface area contributed by atoms with Gasteiger partial charge in [-0.2, -0.15) is 0 Å². The first-order chi connectivity index (χ1) is 13.8. The maximum Gasteiger partial charge on any atom is 0.224 e. The van der Waals surface area contributed by atoms with Gasteiger partial charge in [-0.1, -0.05) is 6.07 Å². The Hall–Kier alpha value is -2.12. The minimum Gasteiger partial charge on any atom is -0.503 e. The maximum absolute atomic E-state index is 14.2. The van der Waals surface area contributed by atoms with Gasteiger partial charge in [-0.15, -0.1) is 0 Å². The molecule has 1 unspecified atom stereocenters. The molecular weight excluding hydrogens is 372 g/mol. The second-order valence-corrected chi connectivity index (χ2v) is 9.05. The Labute approximate surface area is 170 Å². The summed E-state index contributed by atoms with van der Waals surface area (Å²) >= 11 is 0. The summed E-state index contributed by atoms with van der Waals surface area (Å²) in [6.45, 7) is 5.13. The van der Waals surface area contributed by atoms with Gasteiger partial charge in [0.1, 0.15) is 0 Å². The second kappa shape index (κ2) is 5.95. The fourth-order valence-electron chi connectivity index (χ4n) is 6.35. The van der Waals surface area contributed by atoms with Crippen molar-refractivity contribution in [1.82, 2.24) is 4.90 Å². The number of ketones is 1. The molecule has 5 aliphatic rings. The van der Waals surface area contributed by atoms with Crippen LogP contribution in [0.25, 0.3) is 0 Å². The summed E-state index contributed by atoms with van der Waals surface area (Å²) in [7, 11) is 3.56. The highest BCUT2D eigenvalue weighted by molar-refractivity contribution is 6.09. The van der Waals surface area contributed by atoms with Crippen molar-refractivity contribution in [1.29, 1.82) is 0 Å². The molecule has 6 rings (SSSR count). The largest absolute Gasteiger partial charge is 0.503 e. The van der Waals surface area contributed by atoms with Crippen molar-refractivity contribution in [2.45, 2.75) is 56.3 Å². The zero-order chi connectivity index (χ0) is 20.7. The topological polar surface area (TPSA) is 82.6 Å². The number of ether oxygens (including phenoxy) is 2. The van der Waals surface area contributed by atoms with Crippen LogP contribution >= 0.6 is 0 Å². The molecule has 0 aromatic heterocycles. The average Bonchev–Trinajstić information content (AvgIpc) is 3.22. The lowest BCUT2D eigenvalue weighted by Gasteiger charge is -2.46. The van der Waals surface area contributed by atoms with Gasteiger partial charge in [-0.05, 0) is 58.0 Å². The van der Waals surface area contributed by atoms with Gasteiger partial charge in [0.15, 0.2) is 22.9 Å². The lowest BCUT2D eigenvalue weighted by molar-refractivity contribution is -0.137. The minimum absolute atomic E-state index is 0.0591. The summed E-state index contributed by atoms with van der Waals surface area (Å²) in [6, 6.07) is 3.25. The van der Waals surface area contributed by atoms with E-state index in [-0.39, 0.29) is 35.5 Å². The highest BCUT2D eigenvalue weighted by Crippen LogP contribution is 2.64. The van der Waals surface area contributed by atoms with Gasteiger partial charge in [0.05, 0.1) is 30.4 Å². The first-order valence-electron chi connectivity index (χ1n) is 10.4. The standard InChI is InChI=1S/C22H28N2O5/c1-12-22(29-12)14-7-9-23(3)10-8-21(20(22)27)15-5-6-16(28-4)19(26)18(15)24(13(2)25)17(21)11-14/h5-6,12,14,17,26H,7-11H2,1-4H3/t12-,14+,17?,21+,22+/m0/s1. The molecule has 4 aliphatic heterocycles. The summed E-state index contributed by atoms with van der Waals surface area (Å²) < 4.78 is 11.4. The lowest BCUT2D eigenvalue weighted by atomic mass is 9.57. The van der Waals surface area contributed by atoms with E-state index in [9.17, 15) is 14.7 Å². The third kappa shape index (κ3) is 2.15. The number of rotatable bonds is 1. The number of carbonyl (C=O) groups is 2. The van der Waals surface area contributed by atoms with Crippen molar-refractivity contribution in [2.24, 2.45) is 5.92 Å². The smallest absolute Gasteiger partial charge is 0.224 e. The summed E-state index contributed by atoms with van der Waals surface area (Å²) in [5, 5.41) is 11.0. The number of epoxide rings is 1. The summed E-state index contributed by atoms with van der Waals surface area (Å²) in [5.41, 5.74) is -0.467. The third-order valence-corrected chi connectivity index (χ3v) is 7.82. The first kappa shape index (κ1) is 18.9. The van der Waals surface area contributed by atoms with Crippen molar-refractivity contribution in [2.75, 3.05) is 32.1 Å². The minimum atomic E-state index is -0.870. The quantitative estimate of drug-likeness (QED) is 0.725. The maximum atomic E-state index is 14.2. The van der Waals surface area contributed by atoms with Crippen molar-refractivity contribution >= 4 is 17.4 Å². The fraction of sp³-hybridized carbons (Fsp3) is 0.636. The van der Waals surface area contributed by atoms with Gasteiger partial charge in [0.25, 0.3) is 0 Å². The van der Waals surface area contributed by atoms with Crippen LogP contribution in [0, 0.1) is 5.92 Å². The van der Waals surface area contributed by atoms with E-state index in [0.29, 0.717) is 24.3 Å². The van der Waals surface area contributed by atoms with E-state index < -0.39 is 11.0 Å².